The van der Waals surface area contributed by atoms with E-state index >= 15 is 0 Å². The third kappa shape index (κ3) is 3.11. The maximum atomic E-state index is 13.6. The predicted molar refractivity (Wildman–Crippen MR) is 75.8 cm³/mol. The minimum Gasteiger partial charge on any atom is -0.373 e. The first kappa shape index (κ1) is 14.4. The molecule has 0 fully saturated rings. The van der Waals surface area contributed by atoms with Gasteiger partial charge in [-0.2, -0.15) is 0 Å². The fourth-order valence-electron chi connectivity index (χ4n) is 1.54. The predicted octanol–water partition coefficient (Wildman–Crippen LogP) is 3.42. The molecule has 0 saturated carbocycles. The smallest absolute Gasteiger partial charge is 0.274 e. The fraction of sp³-hybridized carbons (Fsp3) is 0.0769. The van der Waals surface area contributed by atoms with E-state index < -0.39 is 17.5 Å². The quantitative estimate of drug-likeness (QED) is 0.899. The number of pyridine rings is 1. The molecular formula is C13H10BrF2N3O. The van der Waals surface area contributed by atoms with Gasteiger partial charge in [0, 0.05) is 17.6 Å². The average molecular weight is 342 g/mol. The van der Waals surface area contributed by atoms with E-state index in [1.807, 2.05) is 0 Å². The molecule has 0 aliphatic carbocycles. The van der Waals surface area contributed by atoms with Crippen molar-refractivity contribution < 1.29 is 13.6 Å². The van der Waals surface area contributed by atoms with E-state index in [0.717, 1.165) is 6.07 Å². The number of anilines is 2. The number of nitrogens with one attached hydrogen (secondary N) is 2. The minimum atomic E-state index is -0.866. The number of carbonyl (C=O) groups is 1. The highest BCUT2D eigenvalue weighted by Gasteiger charge is 2.15. The van der Waals surface area contributed by atoms with Crippen LogP contribution in [0.2, 0.25) is 0 Å². The van der Waals surface area contributed by atoms with Crippen molar-refractivity contribution in [3.63, 3.8) is 0 Å². The van der Waals surface area contributed by atoms with Gasteiger partial charge in [0.15, 0.2) is 5.82 Å². The fourth-order valence-corrected chi connectivity index (χ4v) is 2.05. The van der Waals surface area contributed by atoms with Gasteiger partial charge in [-0.25, -0.2) is 13.8 Å². The van der Waals surface area contributed by atoms with Gasteiger partial charge in [0.25, 0.3) is 5.91 Å². The molecule has 7 heteroatoms. The highest BCUT2D eigenvalue weighted by atomic mass is 79.9. The monoisotopic (exact) mass is 341 g/mol. The lowest BCUT2D eigenvalue weighted by molar-refractivity contribution is 0.102. The molecule has 2 aromatic rings. The summed E-state index contributed by atoms with van der Waals surface area (Å²) in [5.74, 6) is -1.68. The van der Waals surface area contributed by atoms with Gasteiger partial charge < -0.3 is 10.6 Å². The summed E-state index contributed by atoms with van der Waals surface area (Å²) in [5, 5.41) is 5.15. The Hall–Kier alpha value is -2.02. The number of rotatable bonds is 3. The van der Waals surface area contributed by atoms with Crippen LogP contribution in [0.15, 0.2) is 34.8 Å². The lowest BCUT2D eigenvalue weighted by atomic mass is 10.2. The summed E-state index contributed by atoms with van der Waals surface area (Å²) >= 11 is 3.00. The Morgan fingerprint density at radius 1 is 1.30 bits per heavy atom. The molecular weight excluding hydrogens is 332 g/mol. The van der Waals surface area contributed by atoms with Crippen molar-refractivity contribution in [2.24, 2.45) is 0 Å². The van der Waals surface area contributed by atoms with Crippen molar-refractivity contribution in [1.82, 2.24) is 4.98 Å². The molecule has 1 amide bonds. The molecule has 1 heterocycles. The number of halogens is 3. The van der Waals surface area contributed by atoms with Crippen LogP contribution in [0.25, 0.3) is 0 Å². The molecule has 0 unspecified atom stereocenters. The van der Waals surface area contributed by atoms with Crippen molar-refractivity contribution in [3.8, 4) is 0 Å². The lowest BCUT2D eigenvalue weighted by Gasteiger charge is -2.09. The summed E-state index contributed by atoms with van der Waals surface area (Å²) in [7, 11) is 1.67. The van der Waals surface area contributed by atoms with Gasteiger partial charge in [-0.05, 0) is 34.1 Å². The molecule has 4 nitrogen and oxygen atoms in total. The Bertz CT molecular complexity index is 641. The molecule has 0 saturated heterocycles. The van der Waals surface area contributed by atoms with E-state index in [4.69, 9.17) is 0 Å². The summed E-state index contributed by atoms with van der Waals surface area (Å²) in [6.07, 6.45) is 0. The molecule has 0 aliphatic rings. The van der Waals surface area contributed by atoms with Crippen LogP contribution in [-0.2, 0) is 0 Å². The Labute approximate surface area is 122 Å². The van der Waals surface area contributed by atoms with Gasteiger partial charge in [-0.1, -0.05) is 6.07 Å². The summed E-state index contributed by atoms with van der Waals surface area (Å²) in [6, 6.07) is 6.58. The normalized spacial score (nSPS) is 10.2. The van der Waals surface area contributed by atoms with Gasteiger partial charge in [-0.15, -0.1) is 0 Å². The SMILES string of the molecule is CNc1cccc(C(=O)Nc2c(F)cc(F)cc2Br)n1. The summed E-state index contributed by atoms with van der Waals surface area (Å²) in [6.45, 7) is 0. The second-order valence-corrected chi connectivity index (χ2v) is 4.71. The van der Waals surface area contributed by atoms with Crippen molar-refractivity contribution >= 4 is 33.3 Å². The van der Waals surface area contributed by atoms with E-state index in [-0.39, 0.29) is 15.9 Å². The molecule has 104 valence electrons. The highest BCUT2D eigenvalue weighted by Crippen LogP contribution is 2.27. The van der Waals surface area contributed by atoms with Crippen molar-refractivity contribution in [2.45, 2.75) is 0 Å². The van der Waals surface area contributed by atoms with E-state index in [1.54, 1.807) is 19.2 Å². The van der Waals surface area contributed by atoms with Crippen molar-refractivity contribution in [3.05, 3.63) is 52.1 Å². The van der Waals surface area contributed by atoms with Crippen LogP contribution in [-0.4, -0.2) is 17.9 Å². The van der Waals surface area contributed by atoms with Crippen LogP contribution in [0.3, 0.4) is 0 Å². The number of hydrogen-bond donors (Lipinski definition) is 2. The van der Waals surface area contributed by atoms with Crippen LogP contribution < -0.4 is 10.6 Å². The number of benzene rings is 1. The first-order valence-electron chi connectivity index (χ1n) is 5.62. The summed E-state index contributed by atoms with van der Waals surface area (Å²) in [4.78, 5) is 16.0. The number of carbonyl (C=O) groups excluding carboxylic acids is 1. The lowest BCUT2D eigenvalue weighted by Crippen LogP contribution is -2.15. The van der Waals surface area contributed by atoms with Crippen LogP contribution in [0.4, 0.5) is 20.3 Å². The zero-order valence-electron chi connectivity index (χ0n) is 10.4. The van der Waals surface area contributed by atoms with Gasteiger partial charge >= 0.3 is 0 Å². The number of hydrogen-bond acceptors (Lipinski definition) is 3. The summed E-state index contributed by atoms with van der Waals surface area (Å²) in [5.41, 5.74) is -0.0134. The van der Waals surface area contributed by atoms with Crippen LogP contribution in [0, 0.1) is 11.6 Å². The molecule has 2 rings (SSSR count). The molecule has 20 heavy (non-hydrogen) atoms. The molecule has 1 aromatic carbocycles. The third-order valence-electron chi connectivity index (χ3n) is 2.48. The number of amides is 1. The Morgan fingerprint density at radius 3 is 2.70 bits per heavy atom. The first-order valence-corrected chi connectivity index (χ1v) is 6.41. The van der Waals surface area contributed by atoms with Crippen LogP contribution in [0.5, 0.6) is 0 Å². The second kappa shape index (κ2) is 5.96. The molecule has 0 atom stereocenters. The Morgan fingerprint density at radius 2 is 2.05 bits per heavy atom. The number of nitrogens with zero attached hydrogens (tertiary/aromatic N) is 1. The van der Waals surface area contributed by atoms with Gasteiger partial charge in [0.2, 0.25) is 0 Å². The van der Waals surface area contributed by atoms with Crippen molar-refractivity contribution in [1.29, 1.82) is 0 Å². The zero-order chi connectivity index (χ0) is 14.7. The zero-order valence-corrected chi connectivity index (χ0v) is 12.0. The van der Waals surface area contributed by atoms with E-state index in [0.29, 0.717) is 11.9 Å². The van der Waals surface area contributed by atoms with Gasteiger partial charge in [-0.3, -0.25) is 4.79 Å². The third-order valence-corrected chi connectivity index (χ3v) is 3.11. The topological polar surface area (TPSA) is 54.0 Å². The first-order chi connectivity index (χ1) is 9.51. The van der Waals surface area contributed by atoms with Gasteiger partial charge in [0.05, 0.1) is 5.69 Å². The minimum absolute atomic E-state index is 0.118. The average Bonchev–Trinajstić information content (AvgIpc) is 2.42. The van der Waals surface area contributed by atoms with E-state index in [1.165, 1.54) is 6.07 Å². The molecule has 2 N–H and O–H groups in total. The standard InChI is InChI=1S/C13H10BrF2N3O/c1-17-11-4-2-3-10(18-11)13(20)19-12-8(14)5-7(15)6-9(12)16/h2-6H,1H3,(H,17,18)(H,19,20). The Kier molecular flexibility index (Phi) is 4.29. The van der Waals surface area contributed by atoms with Crippen LogP contribution in [0.1, 0.15) is 10.5 Å². The molecule has 1 aromatic heterocycles. The number of aromatic nitrogens is 1. The summed E-state index contributed by atoms with van der Waals surface area (Å²) < 4.78 is 26.7. The second-order valence-electron chi connectivity index (χ2n) is 3.86. The molecule has 0 radical (unpaired) electrons. The highest BCUT2D eigenvalue weighted by molar-refractivity contribution is 9.10. The van der Waals surface area contributed by atoms with Crippen LogP contribution >= 0.6 is 15.9 Å². The molecule has 0 spiro atoms. The van der Waals surface area contributed by atoms with Crippen molar-refractivity contribution in [2.75, 3.05) is 17.7 Å². The molecule has 0 bridgehead atoms. The van der Waals surface area contributed by atoms with E-state index in [2.05, 4.69) is 31.5 Å². The van der Waals surface area contributed by atoms with E-state index in [9.17, 15) is 13.6 Å². The largest absolute Gasteiger partial charge is 0.373 e. The Balaban J connectivity index is 2.28. The maximum absolute atomic E-state index is 13.6. The van der Waals surface area contributed by atoms with Gasteiger partial charge in [0.1, 0.15) is 17.3 Å². The maximum Gasteiger partial charge on any atom is 0.274 e. The molecule has 0 aliphatic heterocycles.